The summed E-state index contributed by atoms with van der Waals surface area (Å²) >= 11 is 2.45. The first-order chi connectivity index (χ1) is 9.26. The first-order valence-corrected chi connectivity index (χ1v) is 7.88. The number of fused-ring (bicyclic) bond motifs is 2. The summed E-state index contributed by atoms with van der Waals surface area (Å²) in [4.78, 5) is 0. The van der Waals surface area contributed by atoms with Gasteiger partial charge >= 0.3 is 0 Å². The summed E-state index contributed by atoms with van der Waals surface area (Å²) in [7, 11) is 1.70. The van der Waals surface area contributed by atoms with Gasteiger partial charge in [0.25, 0.3) is 0 Å². The number of piperidine rings is 1. The van der Waals surface area contributed by atoms with Crippen molar-refractivity contribution in [1.82, 2.24) is 3.11 Å². The van der Waals surface area contributed by atoms with Crippen molar-refractivity contribution in [2.45, 2.75) is 25.6 Å². The SMILES string of the molecule is COc1ccc(CO[C@H]2[C@@H]3CC[C@H]2CN(I)C3)cc1. The fraction of sp³-hybridized carbons (Fsp3) is 0.600. The molecule has 1 saturated heterocycles. The van der Waals surface area contributed by atoms with E-state index >= 15 is 0 Å². The molecule has 1 aliphatic heterocycles. The lowest BCUT2D eigenvalue weighted by Crippen LogP contribution is -2.41. The highest BCUT2D eigenvalue weighted by Crippen LogP contribution is 2.40. The fourth-order valence-electron chi connectivity index (χ4n) is 3.30. The Hall–Kier alpha value is -0.330. The molecule has 2 bridgehead atoms. The number of nitrogens with zero attached hydrogens (tertiary/aromatic N) is 1. The van der Waals surface area contributed by atoms with Crippen molar-refractivity contribution in [2.24, 2.45) is 11.8 Å². The molecule has 0 amide bonds. The molecule has 1 aromatic carbocycles. The molecule has 104 valence electrons. The zero-order valence-corrected chi connectivity index (χ0v) is 13.4. The number of benzene rings is 1. The molecular weight excluding hydrogens is 353 g/mol. The van der Waals surface area contributed by atoms with Crippen molar-refractivity contribution in [3.05, 3.63) is 29.8 Å². The predicted octanol–water partition coefficient (Wildman–Crippen LogP) is 3.27. The summed E-state index contributed by atoms with van der Waals surface area (Å²) in [6, 6.07) is 8.18. The third-order valence-corrected chi connectivity index (χ3v) is 5.09. The standard InChI is InChI=1S/C15H20INO2/c1-18-14-6-2-11(3-7-14)10-19-15-12-4-5-13(15)9-17(16)8-12/h2-3,6-7,12-13,15H,4-5,8-10H2,1H3/t12-,13+,15+. The molecule has 0 unspecified atom stereocenters. The molecule has 4 heteroatoms. The van der Waals surface area contributed by atoms with E-state index in [1.807, 2.05) is 12.1 Å². The van der Waals surface area contributed by atoms with Crippen molar-refractivity contribution in [3.63, 3.8) is 0 Å². The molecule has 1 aromatic rings. The Labute approximate surface area is 128 Å². The molecule has 1 aliphatic carbocycles. The van der Waals surface area contributed by atoms with Gasteiger partial charge in [-0.1, -0.05) is 12.1 Å². The number of halogens is 1. The lowest BCUT2D eigenvalue weighted by atomic mass is 9.96. The van der Waals surface area contributed by atoms with E-state index in [0.29, 0.717) is 6.10 Å². The van der Waals surface area contributed by atoms with E-state index < -0.39 is 0 Å². The third kappa shape index (κ3) is 3.06. The van der Waals surface area contributed by atoms with Crippen LogP contribution in [0.3, 0.4) is 0 Å². The number of rotatable bonds is 4. The van der Waals surface area contributed by atoms with Crippen molar-refractivity contribution in [1.29, 1.82) is 0 Å². The Kier molecular flexibility index (Phi) is 4.29. The molecule has 2 aliphatic rings. The Morgan fingerprint density at radius 3 is 2.37 bits per heavy atom. The minimum Gasteiger partial charge on any atom is -0.497 e. The van der Waals surface area contributed by atoms with Crippen LogP contribution in [0.15, 0.2) is 24.3 Å². The third-order valence-electron chi connectivity index (χ3n) is 4.30. The van der Waals surface area contributed by atoms with Crippen molar-refractivity contribution < 1.29 is 9.47 Å². The van der Waals surface area contributed by atoms with Crippen LogP contribution in [-0.4, -0.2) is 29.4 Å². The topological polar surface area (TPSA) is 21.7 Å². The Balaban J connectivity index is 1.57. The lowest BCUT2D eigenvalue weighted by Gasteiger charge is -2.34. The first kappa shape index (κ1) is 13.6. The molecule has 0 N–H and O–H groups in total. The largest absolute Gasteiger partial charge is 0.497 e. The van der Waals surface area contributed by atoms with Crippen LogP contribution in [0.4, 0.5) is 0 Å². The normalized spacial score (nSPS) is 30.5. The smallest absolute Gasteiger partial charge is 0.118 e. The van der Waals surface area contributed by atoms with Gasteiger partial charge in [0, 0.05) is 36.0 Å². The van der Waals surface area contributed by atoms with Crippen LogP contribution in [0.2, 0.25) is 0 Å². The Morgan fingerprint density at radius 1 is 1.16 bits per heavy atom. The zero-order valence-electron chi connectivity index (χ0n) is 11.2. The van der Waals surface area contributed by atoms with Crippen LogP contribution in [0, 0.1) is 11.8 Å². The monoisotopic (exact) mass is 373 g/mol. The van der Waals surface area contributed by atoms with Gasteiger partial charge in [-0.05, 0) is 42.4 Å². The molecule has 3 rings (SSSR count). The second-order valence-electron chi connectivity index (χ2n) is 5.55. The second kappa shape index (κ2) is 5.97. The quantitative estimate of drug-likeness (QED) is 0.597. The van der Waals surface area contributed by atoms with Gasteiger partial charge in [0.2, 0.25) is 0 Å². The molecule has 19 heavy (non-hydrogen) atoms. The first-order valence-electron chi connectivity index (χ1n) is 6.91. The minimum atomic E-state index is 0.466. The van der Waals surface area contributed by atoms with Crippen LogP contribution >= 0.6 is 22.9 Å². The molecule has 3 nitrogen and oxygen atoms in total. The van der Waals surface area contributed by atoms with Gasteiger partial charge in [0.1, 0.15) is 5.75 Å². The van der Waals surface area contributed by atoms with Crippen LogP contribution in [0.5, 0.6) is 5.75 Å². The number of hydrogen-bond donors (Lipinski definition) is 0. The van der Waals surface area contributed by atoms with Gasteiger partial charge in [0.15, 0.2) is 0 Å². The number of ether oxygens (including phenoxy) is 2. The zero-order chi connectivity index (χ0) is 13.2. The molecule has 2 fully saturated rings. The van der Waals surface area contributed by atoms with E-state index in [1.54, 1.807) is 7.11 Å². The second-order valence-corrected chi connectivity index (χ2v) is 6.91. The maximum Gasteiger partial charge on any atom is 0.118 e. The average Bonchev–Trinajstić information content (AvgIpc) is 2.67. The molecule has 0 radical (unpaired) electrons. The van der Waals surface area contributed by atoms with E-state index in [4.69, 9.17) is 9.47 Å². The summed E-state index contributed by atoms with van der Waals surface area (Å²) < 4.78 is 13.8. The summed E-state index contributed by atoms with van der Waals surface area (Å²) in [5.74, 6) is 2.37. The van der Waals surface area contributed by atoms with Gasteiger partial charge in [-0.25, -0.2) is 3.11 Å². The maximum atomic E-state index is 6.21. The molecule has 0 spiro atoms. The minimum absolute atomic E-state index is 0.466. The lowest BCUT2D eigenvalue weighted by molar-refractivity contribution is -0.0328. The van der Waals surface area contributed by atoms with Crippen LogP contribution in [0.1, 0.15) is 18.4 Å². The summed E-state index contributed by atoms with van der Waals surface area (Å²) in [6.07, 6.45) is 3.13. The van der Waals surface area contributed by atoms with Gasteiger partial charge in [-0.2, -0.15) is 0 Å². The molecule has 3 atom stereocenters. The summed E-state index contributed by atoms with van der Waals surface area (Å²) in [5.41, 5.74) is 1.23. The van der Waals surface area contributed by atoms with Gasteiger partial charge in [0.05, 0.1) is 19.8 Å². The van der Waals surface area contributed by atoms with Crippen LogP contribution in [0.25, 0.3) is 0 Å². The van der Waals surface area contributed by atoms with Gasteiger partial charge in [-0.3, -0.25) is 0 Å². The maximum absolute atomic E-state index is 6.21. The van der Waals surface area contributed by atoms with E-state index in [9.17, 15) is 0 Å². The van der Waals surface area contributed by atoms with Crippen molar-refractivity contribution in [2.75, 3.05) is 20.2 Å². The van der Waals surface area contributed by atoms with E-state index in [2.05, 4.69) is 38.1 Å². The van der Waals surface area contributed by atoms with Crippen LogP contribution < -0.4 is 4.74 Å². The number of hydrogen-bond acceptors (Lipinski definition) is 3. The highest BCUT2D eigenvalue weighted by molar-refractivity contribution is 14.1. The predicted molar refractivity (Wildman–Crippen MR) is 83.4 cm³/mol. The van der Waals surface area contributed by atoms with Gasteiger partial charge < -0.3 is 9.47 Å². The molecule has 1 heterocycles. The highest BCUT2D eigenvalue weighted by atomic mass is 127. The number of methoxy groups -OCH3 is 1. The van der Waals surface area contributed by atoms with Crippen molar-refractivity contribution >= 4 is 22.9 Å². The average molecular weight is 373 g/mol. The fourth-order valence-corrected chi connectivity index (χ4v) is 4.31. The summed E-state index contributed by atoms with van der Waals surface area (Å²) in [5, 5.41) is 0. The van der Waals surface area contributed by atoms with Gasteiger partial charge in [-0.15, -0.1) is 0 Å². The van der Waals surface area contributed by atoms with E-state index in [0.717, 1.165) is 24.2 Å². The van der Waals surface area contributed by atoms with E-state index in [1.165, 1.54) is 31.5 Å². The summed E-state index contributed by atoms with van der Waals surface area (Å²) in [6.45, 7) is 3.09. The van der Waals surface area contributed by atoms with Crippen molar-refractivity contribution in [3.8, 4) is 5.75 Å². The highest BCUT2D eigenvalue weighted by Gasteiger charge is 2.42. The molecule has 1 saturated carbocycles. The molecular formula is C15H20INO2. The molecule has 0 aromatic heterocycles. The van der Waals surface area contributed by atoms with E-state index in [-0.39, 0.29) is 0 Å². The van der Waals surface area contributed by atoms with Crippen LogP contribution in [-0.2, 0) is 11.3 Å². The Bertz CT molecular complexity index is 409. The Morgan fingerprint density at radius 2 is 1.79 bits per heavy atom.